The number of hydrogen-bond acceptors (Lipinski definition) is 3. The second-order valence-electron chi connectivity index (χ2n) is 6.50. The number of ether oxygens (including phenoxy) is 2. The van der Waals surface area contributed by atoms with Crippen LogP contribution in [-0.2, 0) is 10.2 Å². The van der Waals surface area contributed by atoms with Crippen LogP contribution in [0.1, 0.15) is 26.3 Å². The summed E-state index contributed by atoms with van der Waals surface area (Å²) in [6.45, 7) is 6.03. The molecule has 0 spiro atoms. The molecular weight excluding hydrogens is 290 g/mol. The average molecular weight is 309 g/mol. The number of pyridine rings is 1. The largest absolute Gasteiger partial charge is 0.462 e. The number of fused-ring (bicyclic) bond motifs is 3. The Morgan fingerprint density at radius 2 is 1.96 bits per heavy atom. The third kappa shape index (κ3) is 1.98. The first-order chi connectivity index (χ1) is 11.0. The van der Waals surface area contributed by atoms with Crippen LogP contribution >= 0.6 is 0 Å². The molecule has 118 valence electrons. The molecule has 1 N–H and O–H groups in total. The van der Waals surface area contributed by atoms with E-state index in [0.29, 0.717) is 11.3 Å². The molecule has 0 amide bonds. The molecule has 3 atom stereocenters. The number of rotatable bonds is 1. The third-order valence-corrected chi connectivity index (χ3v) is 4.88. The van der Waals surface area contributed by atoms with Crippen molar-refractivity contribution in [2.24, 2.45) is 0 Å². The minimum atomic E-state index is -0.565. The first-order valence-electron chi connectivity index (χ1n) is 7.84. The molecule has 3 heterocycles. The summed E-state index contributed by atoms with van der Waals surface area (Å²) in [5.41, 5.74) is 2.98. The molecule has 0 bridgehead atoms. The van der Waals surface area contributed by atoms with Gasteiger partial charge in [-0.1, -0.05) is 36.4 Å². The van der Waals surface area contributed by atoms with Crippen molar-refractivity contribution in [3.8, 4) is 16.9 Å². The van der Waals surface area contributed by atoms with Gasteiger partial charge in [0.2, 0.25) is 6.29 Å². The number of hydrogen-bond donors (Lipinski definition) is 1. The van der Waals surface area contributed by atoms with E-state index in [4.69, 9.17) is 9.47 Å². The van der Waals surface area contributed by atoms with E-state index >= 15 is 0 Å². The van der Waals surface area contributed by atoms with Gasteiger partial charge in [-0.25, -0.2) is 0 Å². The van der Waals surface area contributed by atoms with Crippen LogP contribution in [0.2, 0.25) is 0 Å². The Morgan fingerprint density at radius 1 is 1.22 bits per heavy atom. The van der Waals surface area contributed by atoms with E-state index in [-0.39, 0.29) is 11.7 Å². The SMILES string of the molecule is CC1=CC2(C)c3c(c(-c4ccccc4)c[nH]c3=O)OC2OC1C. The molecule has 23 heavy (non-hydrogen) atoms. The van der Waals surface area contributed by atoms with E-state index in [9.17, 15) is 4.79 Å². The zero-order valence-electron chi connectivity index (χ0n) is 13.4. The van der Waals surface area contributed by atoms with Crippen LogP contribution in [0, 0.1) is 0 Å². The summed E-state index contributed by atoms with van der Waals surface area (Å²) in [5.74, 6) is 0.630. The van der Waals surface area contributed by atoms with Crippen LogP contribution in [0.3, 0.4) is 0 Å². The first kappa shape index (κ1) is 14.3. The molecule has 0 fully saturated rings. The van der Waals surface area contributed by atoms with Crippen molar-refractivity contribution in [2.75, 3.05) is 0 Å². The molecule has 2 aliphatic heterocycles. The van der Waals surface area contributed by atoms with Crippen molar-refractivity contribution in [2.45, 2.75) is 38.6 Å². The Balaban J connectivity index is 1.96. The van der Waals surface area contributed by atoms with E-state index in [1.165, 1.54) is 0 Å². The normalized spacial score (nSPS) is 28.6. The van der Waals surface area contributed by atoms with E-state index in [1.54, 1.807) is 6.20 Å². The number of aromatic amines is 1. The Labute approximate surface area is 134 Å². The van der Waals surface area contributed by atoms with Crippen molar-refractivity contribution >= 4 is 0 Å². The molecule has 1 aromatic carbocycles. The van der Waals surface area contributed by atoms with Gasteiger partial charge in [0.25, 0.3) is 5.56 Å². The number of H-pyrrole nitrogens is 1. The van der Waals surface area contributed by atoms with Gasteiger partial charge in [-0.15, -0.1) is 0 Å². The lowest BCUT2D eigenvalue weighted by molar-refractivity contribution is -0.126. The highest BCUT2D eigenvalue weighted by atomic mass is 16.7. The smallest absolute Gasteiger partial charge is 0.256 e. The second-order valence-corrected chi connectivity index (χ2v) is 6.50. The quantitative estimate of drug-likeness (QED) is 0.822. The van der Waals surface area contributed by atoms with Gasteiger partial charge in [0.05, 0.1) is 17.1 Å². The maximum absolute atomic E-state index is 12.5. The van der Waals surface area contributed by atoms with Gasteiger partial charge in [0, 0.05) is 11.8 Å². The lowest BCUT2D eigenvalue weighted by Gasteiger charge is -2.35. The van der Waals surface area contributed by atoms with Gasteiger partial charge in [0.1, 0.15) is 5.75 Å². The van der Waals surface area contributed by atoms with Crippen LogP contribution in [0.15, 0.2) is 53.0 Å². The van der Waals surface area contributed by atoms with Crippen LogP contribution in [0.5, 0.6) is 5.75 Å². The van der Waals surface area contributed by atoms with Crippen LogP contribution in [0.4, 0.5) is 0 Å². The standard InChI is InChI=1S/C19H19NO3/c1-11-9-19(3)15-16(23-18(19)22-12(11)2)14(10-20-17(15)21)13-7-5-4-6-8-13/h4-10,12,18H,1-3H3,(H,20,21). The van der Waals surface area contributed by atoms with Gasteiger partial charge in [-0.2, -0.15) is 0 Å². The zero-order chi connectivity index (χ0) is 16.2. The highest BCUT2D eigenvalue weighted by Gasteiger charge is 2.51. The highest BCUT2D eigenvalue weighted by Crippen LogP contribution is 2.49. The molecule has 0 saturated carbocycles. The predicted molar refractivity (Wildman–Crippen MR) is 88.6 cm³/mol. The number of benzene rings is 1. The maximum atomic E-state index is 12.5. The van der Waals surface area contributed by atoms with E-state index in [0.717, 1.165) is 16.7 Å². The topological polar surface area (TPSA) is 51.3 Å². The van der Waals surface area contributed by atoms with E-state index < -0.39 is 11.7 Å². The van der Waals surface area contributed by atoms with Crippen molar-refractivity contribution in [1.29, 1.82) is 0 Å². The van der Waals surface area contributed by atoms with Crippen molar-refractivity contribution in [3.05, 3.63) is 64.1 Å². The molecule has 0 saturated heterocycles. The summed E-state index contributed by atoms with van der Waals surface area (Å²) < 4.78 is 12.1. The molecule has 4 heteroatoms. The molecular formula is C19H19NO3. The molecule has 3 unspecified atom stereocenters. The number of aromatic nitrogens is 1. The van der Waals surface area contributed by atoms with Gasteiger partial charge in [-0.3, -0.25) is 4.79 Å². The molecule has 4 rings (SSSR count). The fourth-order valence-electron chi connectivity index (χ4n) is 3.50. The fourth-order valence-corrected chi connectivity index (χ4v) is 3.50. The minimum absolute atomic E-state index is 0.0124. The predicted octanol–water partition coefficient (Wildman–Crippen LogP) is 3.38. The maximum Gasteiger partial charge on any atom is 0.256 e. The van der Waals surface area contributed by atoms with Crippen LogP contribution in [0.25, 0.3) is 11.1 Å². The van der Waals surface area contributed by atoms with Crippen molar-refractivity contribution < 1.29 is 9.47 Å². The highest BCUT2D eigenvalue weighted by molar-refractivity contribution is 5.73. The second kappa shape index (κ2) is 4.83. The van der Waals surface area contributed by atoms with E-state index in [2.05, 4.69) is 11.1 Å². The first-order valence-corrected chi connectivity index (χ1v) is 7.84. The lowest BCUT2D eigenvalue weighted by Crippen LogP contribution is -2.44. The summed E-state index contributed by atoms with van der Waals surface area (Å²) in [5, 5.41) is 0. The Bertz CT molecular complexity index is 853. The molecule has 0 aliphatic carbocycles. The molecule has 0 radical (unpaired) electrons. The molecule has 1 aromatic heterocycles. The summed E-state index contributed by atoms with van der Waals surface area (Å²) in [7, 11) is 0. The van der Waals surface area contributed by atoms with E-state index in [1.807, 2.05) is 51.1 Å². The Hall–Kier alpha value is -2.33. The third-order valence-electron chi connectivity index (χ3n) is 4.88. The fraction of sp³-hybridized carbons (Fsp3) is 0.316. The summed E-state index contributed by atoms with van der Waals surface area (Å²) >= 11 is 0. The van der Waals surface area contributed by atoms with Crippen LogP contribution < -0.4 is 10.3 Å². The lowest BCUT2D eigenvalue weighted by atomic mass is 9.79. The van der Waals surface area contributed by atoms with Gasteiger partial charge in [-0.05, 0) is 31.9 Å². The van der Waals surface area contributed by atoms with Gasteiger partial charge in [0.15, 0.2) is 0 Å². The number of nitrogens with one attached hydrogen (secondary N) is 1. The monoisotopic (exact) mass is 309 g/mol. The Morgan fingerprint density at radius 3 is 2.70 bits per heavy atom. The average Bonchev–Trinajstić information content (AvgIpc) is 2.82. The molecule has 2 aliphatic rings. The van der Waals surface area contributed by atoms with Crippen LogP contribution in [-0.4, -0.2) is 17.4 Å². The van der Waals surface area contributed by atoms with Gasteiger partial charge < -0.3 is 14.5 Å². The summed E-state index contributed by atoms with van der Waals surface area (Å²) in [6, 6.07) is 9.92. The van der Waals surface area contributed by atoms with Crippen molar-refractivity contribution in [3.63, 3.8) is 0 Å². The molecule has 4 nitrogen and oxygen atoms in total. The van der Waals surface area contributed by atoms with Gasteiger partial charge >= 0.3 is 0 Å². The summed E-state index contributed by atoms with van der Waals surface area (Å²) in [4.78, 5) is 15.4. The minimum Gasteiger partial charge on any atom is -0.462 e. The zero-order valence-corrected chi connectivity index (χ0v) is 13.4. The molecule has 2 aromatic rings. The Kier molecular flexibility index (Phi) is 3.00. The van der Waals surface area contributed by atoms with Crippen molar-refractivity contribution in [1.82, 2.24) is 4.98 Å². The summed E-state index contributed by atoms with van der Waals surface area (Å²) in [6.07, 6.45) is 3.35.